The fourth-order valence-corrected chi connectivity index (χ4v) is 1.54. The Bertz CT molecular complexity index is 236. The van der Waals surface area contributed by atoms with Gasteiger partial charge in [-0.2, -0.15) is 0 Å². The maximum atomic E-state index is 11.4. The number of nitrogens with two attached hydrogens (primary N) is 2. The van der Waals surface area contributed by atoms with Crippen molar-refractivity contribution in [3.63, 3.8) is 0 Å². The summed E-state index contributed by atoms with van der Waals surface area (Å²) in [4.78, 5) is 23.7. The van der Waals surface area contributed by atoms with E-state index in [0.717, 1.165) is 6.42 Å². The Balaban J connectivity index is 0. The van der Waals surface area contributed by atoms with Crippen LogP contribution >= 0.6 is 0 Å². The topological polar surface area (TPSA) is 89.4 Å². The molecule has 0 aromatic heterocycles. The molecule has 0 aromatic carbocycles. The largest absolute Gasteiger partial charge is 0.368 e. The second-order valence-electron chi connectivity index (χ2n) is 3.20. The Morgan fingerprint density at radius 3 is 2.33 bits per heavy atom. The summed E-state index contributed by atoms with van der Waals surface area (Å²) in [6, 6.07) is -1.29. The monoisotopic (exact) mass is 558 g/mol. The minimum absolute atomic E-state index is 0. The van der Waals surface area contributed by atoms with Crippen LogP contribution in [-0.2, 0) is 50.4 Å². The van der Waals surface area contributed by atoms with E-state index in [9.17, 15) is 9.59 Å². The van der Waals surface area contributed by atoms with Gasteiger partial charge in [0.2, 0.25) is 11.8 Å². The molecule has 4 N–H and O–H groups in total. The van der Waals surface area contributed by atoms with Gasteiger partial charge in [0.15, 0.2) is 0 Å². The maximum Gasteiger partial charge on any atom is 0.240 e. The van der Waals surface area contributed by atoms with Gasteiger partial charge in [0.05, 0.1) is 0 Å². The molecular formula is C8H14N3O2Re2-. The van der Waals surface area contributed by atoms with Crippen molar-refractivity contribution in [2.45, 2.75) is 24.9 Å². The molecule has 88 valence electrons. The number of nitrogens with zero attached hydrogens (tertiary/aromatic N) is 1. The zero-order valence-corrected chi connectivity index (χ0v) is 13.6. The molecule has 7 heteroatoms. The smallest absolute Gasteiger partial charge is 0.240 e. The fourth-order valence-electron chi connectivity index (χ4n) is 1.54. The Morgan fingerprint density at radius 1 is 1.40 bits per heavy atom. The van der Waals surface area contributed by atoms with Crippen LogP contribution in [0.4, 0.5) is 0 Å². The predicted molar refractivity (Wildman–Crippen MR) is 47.3 cm³/mol. The number of likely N-dealkylation sites (tertiary alicyclic amines) is 1. The fraction of sp³-hybridized carbons (Fsp3) is 0.625. The summed E-state index contributed by atoms with van der Waals surface area (Å²) in [5.74, 6) is -0.771. The molecule has 1 aliphatic heterocycles. The summed E-state index contributed by atoms with van der Waals surface area (Å²) >= 11 is 0. The first kappa shape index (κ1) is 17.6. The molecule has 2 amide bonds. The first-order chi connectivity index (χ1) is 6.04. The second kappa shape index (κ2) is 7.49. The van der Waals surface area contributed by atoms with Gasteiger partial charge >= 0.3 is 0 Å². The van der Waals surface area contributed by atoms with Gasteiger partial charge in [-0.1, -0.05) is 0 Å². The molecule has 5 nitrogen and oxygen atoms in total. The van der Waals surface area contributed by atoms with E-state index in [2.05, 4.69) is 6.92 Å². The van der Waals surface area contributed by atoms with Crippen LogP contribution in [0.25, 0.3) is 0 Å². The van der Waals surface area contributed by atoms with E-state index in [0.29, 0.717) is 13.0 Å². The van der Waals surface area contributed by atoms with Crippen molar-refractivity contribution >= 4 is 11.8 Å². The number of carbonyl (C=O) groups excluding carboxylic acids is 2. The summed E-state index contributed by atoms with van der Waals surface area (Å²) < 4.78 is 0. The molecule has 1 rings (SSSR count). The predicted octanol–water partition coefficient (Wildman–Crippen LogP) is -1.38. The molecule has 2 radical (unpaired) electrons. The van der Waals surface area contributed by atoms with Gasteiger partial charge in [-0.05, 0) is 18.9 Å². The van der Waals surface area contributed by atoms with Crippen LogP contribution in [0.5, 0.6) is 0 Å². The Kier molecular flexibility index (Phi) is 8.80. The van der Waals surface area contributed by atoms with Gasteiger partial charge < -0.3 is 23.3 Å². The number of hydrogen-bond acceptors (Lipinski definition) is 3. The van der Waals surface area contributed by atoms with E-state index >= 15 is 0 Å². The van der Waals surface area contributed by atoms with E-state index in [-0.39, 0.29) is 46.8 Å². The van der Waals surface area contributed by atoms with Crippen molar-refractivity contribution < 1.29 is 50.4 Å². The molecule has 0 saturated carbocycles. The van der Waals surface area contributed by atoms with Crippen LogP contribution in [0.3, 0.4) is 0 Å². The third-order valence-corrected chi connectivity index (χ3v) is 2.18. The van der Waals surface area contributed by atoms with Crippen LogP contribution in [0.15, 0.2) is 0 Å². The summed E-state index contributed by atoms with van der Waals surface area (Å²) in [6.07, 6.45) is 1.43. The quantitative estimate of drug-likeness (QED) is 0.411. The summed E-state index contributed by atoms with van der Waals surface area (Å²) in [7, 11) is 0. The number of primary amides is 1. The Hall–Kier alpha value is 0.225. The molecule has 1 aliphatic rings. The summed E-state index contributed by atoms with van der Waals surface area (Å²) in [6.45, 7) is 3.96. The molecule has 1 fully saturated rings. The van der Waals surface area contributed by atoms with Gasteiger partial charge in [0.1, 0.15) is 6.04 Å². The van der Waals surface area contributed by atoms with Crippen molar-refractivity contribution in [1.82, 2.24) is 4.90 Å². The van der Waals surface area contributed by atoms with Crippen LogP contribution < -0.4 is 11.5 Å². The average Bonchev–Trinajstić information content (AvgIpc) is 2.50. The van der Waals surface area contributed by atoms with E-state index in [1.165, 1.54) is 4.90 Å². The maximum absolute atomic E-state index is 11.4. The third kappa shape index (κ3) is 4.30. The molecule has 0 aromatic rings. The van der Waals surface area contributed by atoms with Gasteiger partial charge in [0.25, 0.3) is 0 Å². The molecule has 0 bridgehead atoms. The summed E-state index contributed by atoms with van der Waals surface area (Å²) in [5.41, 5.74) is 10.5. The molecular weight excluding hydrogens is 543 g/mol. The molecule has 1 saturated heterocycles. The second-order valence-corrected chi connectivity index (χ2v) is 3.20. The molecule has 1 heterocycles. The average molecular weight is 557 g/mol. The van der Waals surface area contributed by atoms with Gasteiger partial charge in [-0.15, -0.1) is 0 Å². The van der Waals surface area contributed by atoms with Crippen LogP contribution in [0, 0.1) is 6.92 Å². The SMILES string of the molecule is [CH2-]C(N)C(=O)N1CCCC1C(N)=O.[Re].[Re]. The minimum atomic E-state index is -0.806. The number of amides is 2. The van der Waals surface area contributed by atoms with Crippen LogP contribution in [-0.4, -0.2) is 35.3 Å². The normalized spacial score (nSPS) is 21.2. The first-order valence-electron chi connectivity index (χ1n) is 4.22. The van der Waals surface area contributed by atoms with Gasteiger partial charge in [-0.25, -0.2) is 0 Å². The van der Waals surface area contributed by atoms with Crippen LogP contribution in [0.1, 0.15) is 12.8 Å². The number of hydrogen-bond donors (Lipinski definition) is 2. The van der Waals surface area contributed by atoms with Crippen LogP contribution in [0.2, 0.25) is 0 Å². The van der Waals surface area contributed by atoms with Gasteiger partial charge in [0, 0.05) is 47.4 Å². The Labute approximate surface area is 117 Å². The standard InChI is InChI=1S/C8H14N3O2.2Re/c1-5(9)8(13)11-4-2-3-6(11)7(10)12;;/h5-6H,1-4,9H2,(H2,10,12);;/q-1;;. The molecule has 0 spiro atoms. The van der Waals surface area contributed by atoms with Gasteiger partial charge in [-0.3, -0.25) is 9.59 Å². The van der Waals surface area contributed by atoms with Crippen molar-refractivity contribution in [3.8, 4) is 0 Å². The Morgan fingerprint density at radius 2 is 1.93 bits per heavy atom. The summed E-state index contributed by atoms with van der Waals surface area (Å²) in [5, 5.41) is 0. The molecule has 15 heavy (non-hydrogen) atoms. The molecule has 0 aliphatic carbocycles. The van der Waals surface area contributed by atoms with Crippen molar-refractivity contribution in [2.24, 2.45) is 11.5 Å². The van der Waals surface area contributed by atoms with E-state index in [4.69, 9.17) is 11.5 Å². The van der Waals surface area contributed by atoms with E-state index < -0.39 is 18.0 Å². The molecule has 2 unspecified atom stereocenters. The van der Waals surface area contributed by atoms with Crippen molar-refractivity contribution in [1.29, 1.82) is 0 Å². The zero-order chi connectivity index (χ0) is 10.0. The van der Waals surface area contributed by atoms with E-state index in [1.54, 1.807) is 0 Å². The number of carbonyl (C=O) groups is 2. The zero-order valence-electron chi connectivity index (χ0n) is 8.16. The number of rotatable bonds is 2. The van der Waals surface area contributed by atoms with E-state index in [1.807, 2.05) is 0 Å². The third-order valence-electron chi connectivity index (χ3n) is 2.18. The van der Waals surface area contributed by atoms with Crippen molar-refractivity contribution in [2.75, 3.05) is 6.54 Å². The minimum Gasteiger partial charge on any atom is -0.368 e. The van der Waals surface area contributed by atoms with Crippen molar-refractivity contribution in [3.05, 3.63) is 6.92 Å². The first-order valence-corrected chi connectivity index (χ1v) is 4.22. The molecule has 2 atom stereocenters.